The summed E-state index contributed by atoms with van der Waals surface area (Å²) >= 11 is 0. The fourth-order valence-electron chi connectivity index (χ4n) is 2.68. The SMILES string of the molecule is COc1ccc(CNc2nc(C)cc(Nc3ccc(OC)cc3OC)n2)cc1. The highest BCUT2D eigenvalue weighted by molar-refractivity contribution is 5.66. The van der Waals surface area contributed by atoms with Crippen LogP contribution in [0.15, 0.2) is 48.5 Å². The van der Waals surface area contributed by atoms with Crippen LogP contribution in [0.5, 0.6) is 17.2 Å². The summed E-state index contributed by atoms with van der Waals surface area (Å²) in [4.78, 5) is 9.01. The fraction of sp³-hybridized carbons (Fsp3) is 0.238. The minimum Gasteiger partial charge on any atom is -0.497 e. The summed E-state index contributed by atoms with van der Waals surface area (Å²) in [5.41, 5.74) is 2.75. The number of nitrogens with zero attached hydrogens (tertiary/aromatic N) is 2. The van der Waals surface area contributed by atoms with Crippen LogP contribution in [0, 0.1) is 6.92 Å². The van der Waals surface area contributed by atoms with Crippen LogP contribution in [-0.2, 0) is 6.54 Å². The third-order valence-corrected chi connectivity index (χ3v) is 4.14. The first-order valence-electron chi connectivity index (χ1n) is 8.83. The van der Waals surface area contributed by atoms with Gasteiger partial charge in [0.2, 0.25) is 5.95 Å². The van der Waals surface area contributed by atoms with Gasteiger partial charge in [-0.1, -0.05) is 12.1 Å². The smallest absolute Gasteiger partial charge is 0.225 e. The van der Waals surface area contributed by atoms with Crippen LogP contribution in [0.3, 0.4) is 0 Å². The van der Waals surface area contributed by atoms with Crippen molar-refractivity contribution in [1.82, 2.24) is 9.97 Å². The van der Waals surface area contributed by atoms with Gasteiger partial charge in [0.05, 0.1) is 27.0 Å². The Labute approximate surface area is 164 Å². The first-order chi connectivity index (χ1) is 13.6. The van der Waals surface area contributed by atoms with Crippen molar-refractivity contribution >= 4 is 17.5 Å². The molecule has 0 amide bonds. The maximum absolute atomic E-state index is 5.43. The van der Waals surface area contributed by atoms with E-state index in [4.69, 9.17) is 14.2 Å². The average Bonchev–Trinajstić information content (AvgIpc) is 2.72. The molecule has 0 fully saturated rings. The van der Waals surface area contributed by atoms with Gasteiger partial charge in [0.15, 0.2) is 0 Å². The minimum atomic E-state index is 0.547. The van der Waals surface area contributed by atoms with E-state index in [0.29, 0.717) is 24.1 Å². The molecule has 0 bridgehead atoms. The van der Waals surface area contributed by atoms with E-state index in [9.17, 15) is 0 Å². The molecule has 1 heterocycles. The highest BCUT2D eigenvalue weighted by Crippen LogP contribution is 2.31. The molecule has 0 unspecified atom stereocenters. The third kappa shape index (κ3) is 4.82. The van der Waals surface area contributed by atoms with Gasteiger partial charge in [0, 0.05) is 24.4 Å². The molecule has 0 saturated carbocycles. The Kier molecular flexibility index (Phi) is 6.16. The van der Waals surface area contributed by atoms with E-state index in [-0.39, 0.29) is 0 Å². The molecule has 0 radical (unpaired) electrons. The Balaban J connectivity index is 1.74. The highest BCUT2D eigenvalue weighted by atomic mass is 16.5. The zero-order valence-electron chi connectivity index (χ0n) is 16.4. The van der Waals surface area contributed by atoms with E-state index in [2.05, 4.69) is 20.6 Å². The lowest BCUT2D eigenvalue weighted by atomic mass is 10.2. The molecule has 1 aromatic heterocycles. The van der Waals surface area contributed by atoms with Gasteiger partial charge in [-0.2, -0.15) is 4.98 Å². The molecular formula is C21H24N4O3. The third-order valence-electron chi connectivity index (χ3n) is 4.14. The summed E-state index contributed by atoms with van der Waals surface area (Å²) in [7, 11) is 4.89. The molecule has 3 aromatic rings. The molecule has 7 heteroatoms. The number of nitrogens with one attached hydrogen (secondary N) is 2. The Hall–Kier alpha value is -3.48. The van der Waals surface area contributed by atoms with Crippen LogP contribution < -0.4 is 24.8 Å². The van der Waals surface area contributed by atoms with Gasteiger partial charge in [-0.3, -0.25) is 0 Å². The van der Waals surface area contributed by atoms with Gasteiger partial charge in [0.1, 0.15) is 23.1 Å². The van der Waals surface area contributed by atoms with Crippen molar-refractivity contribution in [3.63, 3.8) is 0 Å². The van der Waals surface area contributed by atoms with Gasteiger partial charge in [-0.05, 0) is 36.8 Å². The molecule has 0 saturated heterocycles. The summed E-state index contributed by atoms with van der Waals surface area (Å²) in [5, 5.41) is 6.54. The first kappa shape index (κ1) is 19.3. The van der Waals surface area contributed by atoms with Crippen molar-refractivity contribution in [1.29, 1.82) is 0 Å². The van der Waals surface area contributed by atoms with E-state index < -0.39 is 0 Å². The van der Waals surface area contributed by atoms with Crippen LogP contribution in [-0.4, -0.2) is 31.3 Å². The lowest BCUT2D eigenvalue weighted by Crippen LogP contribution is -2.06. The summed E-state index contributed by atoms with van der Waals surface area (Å²) in [5.74, 6) is 3.45. The second kappa shape index (κ2) is 8.94. The second-order valence-electron chi connectivity index (χ2n) is 6.11. The Morgan fingerprint density at radius 2 is 1.54 bits per heavy atom. The van der Waals surface area contributed by atoms with E-state index in [1.807, 2.05) is 55.5 Å². The van der Waals surface area contributed by atoms with Crippen molar-refractivity contribution in [2.24, 2.45) is 0 Å². The van der Waals surface area contributed by atoms with Crippen molar-refractivity contribution in [3.8, 4) is 17.2 Å². The Bertz CT molecular complexity index is 929. The number of anilines is 3. The number of hydrogen-bond acceptors (Lipinski definition) is 7. The molecule has 0 aliphatic rings. The fourth-order valence-corrected chi connectivity index (χ4v) is 2.68. The van der Waals surface area contributed by atoms with E-state index in [1.54, 1.807) is 21.3 Å². The predicted octanol–water partition coefficient (Wildman–Crippen LogP) is 4.17. The maximum Gasteiger partial charge on any atom is 0.225 e. The van der Waals surface area contributed by atoms with E-state index in [1.165, 1.54) is 0 Å². The largest absolute Gasteiger partial charge is 0.497 e. The first-order valence-corrected chi connectivity index (χ1v) is 8.83. The van der Waals surface area contributed by atoms with E-state index >= 15 is 0 Å². The molecular weight excluding hydrogens is 356 g/mol. The second-order valence-corrected chi connectivity index (χ2v) is 6.11. The minimum absolute atomic E-state index is 0.547. The summed E-state index contributed by atoms with van der Waals surface area (Å²) in [6.07, 6.45) is 0. The summed E-state index contributed by atoms with van der Waals surface area (Å²) < 4.78 is 15.9. The zero-order chi connectivity index (χ0) is 19.9. The predicted molar refractivity (Wildman–Crippen MR) is 110 cm³/mol. The van der Waals surface area contributed by atoms with Crippen molar-refractivity contribution in [2.45, 2.75) is 13.5 Å². The molecule has 3 rings (SSSR count). The van der Waals surface area contributed by atoms with Gasteiger partial charge in [-0.25, -0.2) is 4.98 Å². The summed E-state index contributed by atoms with van der Waals surface area (Å²) in [6.45, 7) is 2.54. The number of hydrogen-bond donors (Lipinski definition) is 2. The Morgan fingerprint density at radius 1 is 0.821 bits per heavy atom. The number of benzene rings is 2. The maximum atomic E-state index is 5.43. The number of aromatic nitrogens is 2. The van der Waals surface area contributed by atoms with Crippen LogP contribution in [0.1, 0.15) is 11.3 Å². The van der Waals surface area contributed by atoms with Gasteiger partial charge in [-0.15, -0.1) is 0 Å². The number of aryl methyl sites for hydroxylation is 1. The van der Waals surface area contributed by atoms with Crippen LogP contribution in [0.4, 0.5) is 17.5 Å². The molecule has 146 valence electrons. The van der Waals surface area contributed by atoms with Gasteiger partial charge in [0.25, 0.3) is 0 Å². The standard InChI is InChI=1S/C21H24N4O3/c1-14-11-20(24-18-10-9-17(27-3)12-19(18)28-4)25-21(23-14)22-13-15-5-7-16(26-2)8-6-15/h5-12H,13H2,1-4H3,(H2,22,23,24,25). The Morgan fingerprint density at radius 3 is 2.21 bits per heavy atom. The molecule has 2 N–H and O–H groups in total. The lowest BCUT2D eigenvalue weighted by molar-refractivity contribution is 0.395. The van der Waals surface area contributed by atoms with E-state index in [0.717, 1.165) is 28.4 Å². The molecule has 28 heavy (non-hydrogen) atoms. The molecule has 2 aromatic carbocycles. The van der Waals surface area contributed by atoms with Crippen molar-refractivity contribution in [3.05, 3.63) is 59.8 Å². The number of methoxy groups -OCH3 is 3. The molecule has 0 atom stereocenters. The zero-order valence-corrected chi connectivity index (χ0v) is 16.4. The average molecular weight is 380 g/mol. The summed E-state index contributed by atoms with van der Waals surface area (Å²) in [6, 6.07) is 15.3. The monoisotopic (exact) mass is 380 g/mol. The number of ether oxygens (including phenoxy) is 3. The molecule has 7 nitrogen and oxygen atoms in total. The molecule has 0 aliphatic carbocycles. The van der Waals surface area contributed by atoms with Crippen LogP contribution in [0.25, 0.3) is 0 Å². The van der Waals surface area contributed by atoms with Gasteiger partial charge >= 0.3 is 0 Å². The normalized spacial score (nSPS) is 10.3. The van der Waals surface area contributed by atoms with Crippen molar-refractivity contribution in [2.75, 3.05) is 32.0 Å². The van der Waals surface area contributed by atoms with Crippen molar-refractivity contribution < 1.29 is 14.2 Å². The molecule has 0 aliphatic heterocycles. The van der Waals surface area contributed by atoms with Crippen LogP contribution >= 0.6 is 0 Å². The lowest BCUT2D eigenvalue weighted by Gasteiger charge is -2.13. The van der Waals surface area contributed by atoms with Crippen LogP contribution in [0.2, 0.25) is 0 Å². The number of rotatable bonds is 8. The topological polar surface area (TPSA) is 77.5 Å². The highest BCUT2D eigenvalue weighted by Gasteiger charge is 2.08. The molecule has 0 spiro atoms. The quantitative estimate of drug-likeness (QED) is 0.607. The van der Waals surface area contributed by atoms with Gasteiger partial charge < -0.3 is 24.8 Å².